The van der Waals surface area contributed by atoms with E-state index in [1.54, 1.807) is 6.20 Å². The van der Waals surface area contributed by atoms with E-state index in [0.29, 0.717) is 11.7 Å². The van der Waals surface area contributed by atoms with Gasteiger partial charge in [0.2, 0.25) is 0 Å². The smallest absolute Gasteiger partial charge is 0.141 e. The normalized spacial score (nSPS) is 16.7. The molecule has 4 heteroatoms. The zero-order valence-corrected chi connectivity index (χ0v) is 11.7. The molecule has 0 radical (unpaired) electrons. The minimum atomic E-state index is 0.0440. The van der Waals surface area contributed by atoms with Crippen LogP contribution in [-0.4, -0.2) is 28.3 Å². The topological polar surface area (TPSA) is 66.0 Å². The molecule has 0 amide bonds. The first-order valence-electron chi connectivity index (χ1n) is 7.24. The van der Waals surface area contributed by atoms with E-state index < -0.39 is 0 Å². The minimum Gasteiger partial charge on any atom is -0.382 e. The van der Waals surface area contributed by atoms with Crippen LogP contribution < -0.4 is 5.73 Å². The third-order valence-electron chi connectivity index (χ3n) is 3.98. The summed E-state index contributed by atoms with van der Waals surface area (Å²) in [6.45, 7) is 4.23. The van der Waals surface area contributed by atoms with Gasteiger partial charge in [0.15, 0.2) is 0 Å². The second kappa shape index (κ2) is 6.66. The predicted octanol–water partition coefficient (Wildman–Crippen LogP) is 2.52. The molecule has 0 saturated heterocycles. The van der Waals surface area contributed by atoms with E-state index in [4.69, 9.17) is 11.1 Å². The van der Waals surface area contributed by atoms with Crippen LogP contribution in [-0.2, 0) is 6.54 Å². The molecule has 0 bridgehead atoms. The first-order chi connectivity index (χ1) is 9.20. The van der Waals surface area contributed by atoms with Crippen LogP contribution in [0.5, 0.6) is 0 Å². The number of amidine groups is 1. The van der Waals surface area contributed by atoms with E-state index in [9.17, 15) is 0 Å². The molecule has 0 aromatic carbocycles. The van der Waals surface area contributed by atoms with Crippen molar-refractivity contribution >= 4 is 5.84 Å². The number of pyridine rings is 1. The van der Waals surface area contributed by atoms with E-state index in [1.807, 2.05) is 12.1 Å². The van der Waals surface area contributed by atoms with Gasteiger partial charge in [-0.25, -0.2) is 0 Å². The van der Waals surface area contributed by atoms with E-state index in [-0.39, 0.29) is 5.84 Å². The number of aromatic nitrogens is 1. The third-order valence-corrected chi connectivity index (χ3v) is 3.98. The standard InChI is InChI=1S/C15H24N4/c1-2-19(13-6-4-3-5-7-13)11-12-8-9-18-14(10-12)15(16)17/h8-10,13H,2-7,11H2,1H3,(H3,16,17). The Bertz CT molecular complexity index is 424. The lowest BCUT2D eigenvalue weighted by Gasteiger charge is -2.33. The number of nitrogens with one attached hydrogen (secondary N) is 1. The summed E-state index contributed by atoms with van der Waals surface area (Å²) in [6, 6.07) is 4.68. The quantitative estimate of drug-likeness (QED) is 0.631. The van der Waals surface area contributed by atoms with Crippen LogP contribution in [0.1, 0.15) is 50.3 Å². The van der Waals surface area contributed by atoms with Crippen LogP contribution in [0.2, 0.25) is 0 Å². The lowest BCUT2D eigenvalue weighted by Crippen LogP contribution is -2.36. The molecule has 1 saturated carbocycles. The number of nitrogens with zero attached hydrogens (tertiary/aromatic N) is 2. The maximum absolute atomic E-state index is 7.46. The molecule has 0 atom stereocenters. The van der Waals surface area contributed by atoms with Crippen LogP contribution in [0, 0.1) is 5.41 Å². The van der Waals surface area contributed by atoms with Crippen molar-refractivity contribution in [3.8, 4) is 0 Å². The zero-order chi connectivity index (χ0) is 13.7. The van der Waals surface area contributed by atoms with E-state index >= 15 is 0 Å². The molecule has 3 N–H and O–H groups in total. The lowest BCUT2D eigenvalue weighted by molar-refractivity contribution is 0.156. The molecular formula is C15H24N4. The number of hydrogen-bond donors (Lipinski definition) is 2. The Balaban J connectivity index is 2.04. The molecule has 0 spiro atoms. The Labute approximate surface area is 115 Å². The molecule has 19 heavy (non-hydrogen) atoms. The maximum Gasteiger partial charge on any atom is 0.141 e. The molecule has 0 unspecified atom stereocenters. The van der Waals surface area contributed by atoms with Gasteiger partial charge in [0.1, 0.15) is 11.5 Å². The molecule has 1 fully saturated rings. The van der Waals surface area contributed by atoms with Crippen LogP contribution in [0.3, 0.4) is 0 Å². The summed E-state index contributed by atoms with van der Waals surface area (Å²) in [4.78, 5) is 6.66. The van der Waals surface area contributed by atoms with Gasteiger partial charge < -0.3 is 5.73 Å². The summed E-state index contributed by atoms with van der Waals surface area (Å²) in [5.41, 5.74) is 7.28. The first-order valence-corrected chi connectivity index (χ1v) is 7.24. The summed E-state index contributed by atoms with van der Waals surface area (Å²) in [5, 5.41) is 7.46. The Morgan fingerprint density at radius 1 is 1.42 bits per heavy atom. The van der Waals surface area contributed by atoms with Crippen molar-refractivity contribution in [2.75, 3.05) is 6.54 Å². The summed E-state index contributed by atoms with van der Waals surface area (Å²) in [5.74, 6) is 0.0440. The van der Waals surface area contributed by atoms with Gasteiger partial charge in [-0.2, -0.15) is 0 Å². The van der Waals surface area contributed by atoms with Crippen molar-refractivity contribution in [2.45, 2.75) is 51.6 Å². The molecule has 1 aromatic heterocycles. The number of nitrogens with two attached hydrogens (primary N) is 1. The van der Waals surface area contributed by atoms with Crippen LogP contribution in [0.25, 0.3) is 0 Å². The molecule has 1 aliphatic carbocycles. The Kier molecular flexibility index (Phi) is 4.91. The fourth-order valence-corrected chi connectivity index (χ4v) is 2.90. The van der Waals surface area contributed by atoms with Crippen LogP contribution in [0.15, 0.2) is 18.3 Å². The molecular weight excluding hydrogens is 236 g/mol. The van der Waals surface area contributed by atoms with Gasteiger partial charge in [0, 0.05) is 18.8 Å². The molecule has 1 heterocycles. The van der Waals surface area contributed by atoms with Crippen molar-refractivity contribution in [3.05, 3.63) is 29.6 Å². The number of nitrogen functional groups attached to an aromatic ring is 1. The van der Waals surface area contributed by atoms with Crippen LogP contribution in [0.4, 0.5) is 0 Å². The molecule has 2 rings (SSSR count). The van der Waals surface area contributed by atoms with Gasteiger partial charge in [-0.15, -0.1) is 0 Å². The highest BCUT2D eigenvalue weighted by Crippen LogP contribution is 2.23. The first kappa shape index (κ1) is 14.0. The second-order valence-corrected chi connectivity index (χ2v) is 5.32. The van der Waals surface area contributed by atoms with Gasteiger partial charge in [-0.05, 0) is 37.1 Å². The molecule has 104 valence electrons. The fraction of sp³-hybridized carbons (Fsp3) is 0.600. The summed E-state index contributed by atoms with van der Waals surface area (Å²) < 4.78 is 0. The number of rotatable bonds is 5. The molecule has 4 nitrogen and oxygen atoms in total. The highest BCUT2D eigenvalue weighted by Gasteiger charge is 2.19. The average Bonchev–Trinajstić information content (AvgIpc) is 2.46. The third kappa shape index (κ3) is 3.77. The predicted molar refractivity (Wildman–Crippen MR) is 78.2 cm³/mol. The zero-order valence-electron chi connectivity index (χ0n) is 11.7. The van der Waals surface area contributed by atoms with E-state index in [1.165, 1.54) is 37.7 Å². The molecule has 1 aromatic rings. The Morgan fingerprint density at radius 3 is 2.79 bits per heavy atom. The van der Waals surface area contributed by atoms with Gasteiger partial charge in [0.05, 0.1) is 0 Å². The monoisotopic (exact) mass is 260 g/mol. The van der Waals surface area contributed by atoms with Crippen LogP contribution >= 0.6 is 0 Å². The second-order valence-electron chi connectivity index (χ2n) is 5.32. The largest absolute Gasteiger partial charge is 0.382 e. The van der Waals surface area contributed by atoms with Gasteiger partial charge >= 0.3 is 0 Å². The maximum atomic E-state index is 7.46. The molecule has 0 aliphatic heterocycles. The Hall–Kier alpha value is -1.42. The number of hydrogen-bond acceptors (Lipinski definition) is 3. The fourth-order valence-electron chi connectivity index (χ4n) is 2.90. The molecule has 1 aliphatic rings. The summed E-state index contributed by atoms with van der Waals surface area (Å²) >= 11 is 0. The average molecular weight is 260 g/mol. The van der Waals surface area contributed by atoms with Gasteiger partial charge in [-0.3, -0.25) is 15.3 Å². The minimum absolute atomic E-state index is 0.0440. The summed E-state index contributed by atoms with van der Waals surface area (Å²) in [7, 11) is 0. The van der Waals surface area contributed by atoms with E-state index in [2.05, 4.69) is 16.8 Å². The van der Waals surface area contributed by atoms with Gasteiger partial charge in [-0.1, -0.05) is 26.2 Å². The van der Waals surface area contributed by atoms with Crippen molar-refractivity contribution < 1.29 is 0 Å². The highest BCUT2D eigenvalue weighted by molar-refractivity contribution is 5.93. The van der Waals surface area contributed by atoms with Gasteiger partial charge in [0.25, 0.3) is 0 Å². The van der Waals surface area contributed by atoms with Crippen molar-refractivity contribution in [2.24, 2.45) is 5.73 Å². The Morgan fingerprint density at radius 2 is 2.16 bits per heavy atom. The van der Waals surface area contributed by atoms with E-state index in [0.717, 1.165) is 13.1 Å². The van der Waals surface area contributed by atoms with Crippen molar-refractivity contribution in [1.29, 1.82) is 5.41 Å². The summed E-state index contributed by atoms with van der Waals surface area (Å²) in [6.07, 6.45) is 8.49. The lowest BCUT2D eigenvalue weighted by atomic mass is 9.94. The highest BCUT2D eigenvalue weighted by atomic mass is 15.1. The SMILES string of the molecule is CCN(Cc1ccnc(C(=N)N)c1)C1CCCCC1. The van der Waals surface area contributed by atoms with Crippen molar-refractivity contribution in [3.63, 3.8) is 0 Å². The van der Waals surface area contributed by atoms with Crippen molar-refractivity contribution in [1.82, 2.24) is 9.88 Å².